The Balaban J connectivity index is 1.84. The van der Waals surface area contributed by atoms with Gasteiger partial charge in [0.25, 0.3) is 5.91 Å². The van der Waals surface area contributed by atoms with Gasteiger partial charge in [-0.25, -0.2) is 0 Å². The minimum absolute atomic E-state index is 0.0183. The minimum atomic E-state index is -0.181. The van der Waals surface area contributed by atoms with Gasteiger partial charge in [0.1, 0.15) is 11.5 Å². The molecule has 0 bridgehead atoms. The number of ether oxygens (including phenoxy) is 2. The van der Waals surface area contributed by atoms with E-state index in [9.17, 15) is 4.79 Å². The quantitative estimate of drug-likeness (QED) is 0.445. The van der Waals surface area contributed by atoms with Crippen molar-refractivity contribution in [2.45, 2.75) is 58.8 Å². The Kier molecular flexibility index (Phi) is 9.40. The van der Waals surface area contributed by atoms with Crippen molar-refractivity contribution in [1.29, 1.82) is 0 Å². The Labute approximate surface area is 169 Å². The first-order chi connectivity index (χ1) is 13.6. The Morgan fingerprint density at radius 3 is 2.61 bits per heavy atom. The third-order valence-corrected chi connectivity index (χ3v) is 4.81. The van der Waals surface area contributed by atoms with E-state index in [1.165, 1.54) is 19.3 Å². The molecule has 0 aromatic heterocycles. The second-order valence-electron chi connectivity index (χ2n) is 7.12. The zero-order valence-corrected chi connectivity index (χ0v) is 17.4. The van der Waals surface area contributed by atoms with Crippen LogP contribution in [0.1, 0.15) is 64.4 Å². The average Bonchev–Trinajstić information content (AvgIpc) is 2.72. The minimum Gasteiger partial charge on any atom is -0.494 e. The number of hydrogen-bond donors (Lipinski definition) is 1. The van der Waals surface area contributed by atoms with Crippen molar-refractivity contribution in [2.24, 2.45) is 0 Å². The molecule has 2 aromatic carbocycles. The van der Waals surface area contributed by atoms with E-state index >= 15 is 0 Å². The lowest BCUT2D eigenvalue weighted by Crippen LogP contribution is -2.20. The molecule has 1 atom stereocenters. The van der Waals surface area contributed by atoms with Gasteiger partial charge in [-0.1, -0.05) is 64.3 Å². The van der Waals surface area contributed by atoms with Crippen molar-refractivity contribution < 1.29 is 14.3 Å². The number of hydrogen-bond acceptors (Lipinski definition) is 3. The summed E-state index contributed by atoms with van der Waals surface area (Å²) in [5, 5.41) is 2.88. The van der Waals surface area contributed by atoms with Crippen LogP contribution in [-0.4, -0.2) is 19.1 Å². The maximum Gasteiger partial charge on any atom is 0.262 e. The van der Waals surface area contributed by atoms with Gasteiger partial charge in [-0.15, -0.1) is 0 Å². The van der Waals surface area contributed by atoms with Crippen LogP contribution in [0, 0.1) is 0 Å². The van der Waals surface area contributed by atoms with Crippen molar-refractivity contribution in [2.75, 3.05) is 18.5 Å². The molecule has 2 rings (SSSR count). The molecule has 0 aliphatic heterocycles. The first-order valence-electron chi connectivity index (χ1n) is 10.4. The van der Waals surface area contributed by atoms with Crippen LogP contribution < -0.4 is 14.8 Å². The highest BCUT2D eigenvalue weighted by Gasteiger charge is 2.11. The van der Waals surface area contributed by atoms with Gasteiger partial charge in [0.05, 0.1) is 6.61 Å². The fourth-order valence-electron chi connectivity index (χ4n) is 2.96. The summed E-state index contributed by atoms with van der Waals surface area (Å²) in [5.41, 5.74) is 1.85. The van der Waals surface area contributed by atoms with Crippen LogP contribution in [0.4, 0.5) is 5.69 Å². The van der Waals surface area contributed by atoms with Gasteiger partial charge in [0.15, 0.2) is 6.61 Å². The molecule has 28 heavy (non-hydrogen) atoms. The van der Waals surface area contributed by atoms with E-state index in [0.29, 0.717) is 12.5 Å². The molecule has 0 radical (unpaired) electrons. The Hall–Kier alpha value is -2.49. The Morgan fingerprint density at radius 1 is 1.00 bits per heavy atom. The number of amides is 1. The number of benzene rings is 2. The molecule has 1 amide bonds. The van der Waals surface area contributed by atoms with Crippen molar-refractivity contribution in [3.63, 3.8) is 0 Å². The zero-order chi connectivity index (χ0) is 20.2. The van der Waals surface area contributed by atoms with Crippen molar-refractivity contribution in [3.8, 4) is 11.5 Å². The van der Waals surface area contributed by atoms with Gasteiger partial charge in [0, 0.05) is 11.8 Å². The van der Waals surface area contributed by atoms with E-state index in [-0.39, 0.29) is 12.5 Å². The second-order valence-corrected chi connectivity index (χ2v) is 7.12. The van der Waals surface area contributed by atoms with Crippen LogP contribution in [-0.2, 0) is 4.79 Å². The molecule has 1 N–H and O–H groups in total. The van der Waals surface area contributed by atoms with Crippen LogP contribution in [0.5, 0.6) is 11.5 Å². The lowest BCUT2D eigenvalue weighted by atomic mass is 9.98. The fraction of sp³-hybridized carbons (Fsp3) is 0.458. The number of carbonyl (C=O) groups is 1. The molecule has 1 unspecified atom stereocenters. The summed E-state index contributed by atoms with van der Waals surface area (Å²) in [4.78, 5) is 12.3. The number of rotatable bonds is 12. The van der Waals surface area contributed by atoms with Crippen molar-refractivity contribution in [3.05, 3.63) is 54.1 Å². The van der Waals surface area contributed by atoms with Crippen LogP contribution >= 0.6 is 0 Å². The summed E-state index contributed by atoms with van der Waals surface area (Å²) in [6.45, 7) is 7.19. The van der Waals surface area contributed by atoms with E-state index in [0.717, 1.165) is 35.6 Å². The van der Waals surface area contributed by atoms with Gasteiger partial charge in [-0.05, 0) is 42.5 Å². The largest absolute Gasteiger partial charge is 0.494 e. The fourth-order valence-corrected chi connectivity index (χ4v) is 2.96. The highest BCUT2D eigenvalue weighted by Crippen LogP contribution is 2.28. The molecule has 0 heterocycles. The lowest BCUT2D eigenvalue weighted by Gasteiger charge is -2.15. The van der Waals surface area contributed by atoms with Crippen molar-refractivity contribution >= 4 is 11.6 Å². The highest BCUT2D eigenvalue weighted by molar-refractivity contribution is 5.92. The summed E-state index contributed by atoms with van der Waals surface area (Å²) in [7, 11) is 0. The van der Waals surface area contributed by atoms with E-state index in [1.807, 2.05) is 42.5 Å². The third kappa shape index (κ3) is 7.26. The Morgan fingerprint density at radius 2 is 1.82 bits per heavy atom. The van der Waals surface area contributed by atoms with Gasteiger partial charge in [0.2, 0.25) is 0 Å². The predicted molar refractivity (Wildman–Crippen MR) is 115 cm³/mol. The molecule has 0 saturated carbocycles. The molecule has 4 nitrogen and oxygen atoms in total. The summed E-state index contributed by atoms with van der Waals surface area (Å²) < 4.78 is 11.6. The maximum absolute atomic E-state index is 12.3. The molecule has 152 valence electrons. The third-order valence-electron chi connectivity index (χ3n) is 4.81. The number of unbranched alkanes of at least 4 members (excludes halogenated alkanes) is 3. The molecule has 0 aliphatic carbocycles. The maximum atomic E-state index is 12.3. The van der Waals surface area contributed by atoms with Gasteiger partial charge < -0.3 is 14.8 Å². The molecular weight excluding hydrogens is 350 g/mol. The molecule has 4 heteroatoms. The number of carbonyl (C=O) groups excluding carboxylic acids is 1. The predicted octanol–water partition coefficient (Wildman–Crippen LogP) is 6.18. The smallest absolute Gasteiger partial charge is 0.262 e. The van der Waals surface area contributed by atoms with Crippen molar-refractivity contribution in [1.82, 2.24) is 0 Å². The molecule has 0 saturated heterocycles. The number of nitrogens with one attached hydrogen (secondary N) is 1. The second kappa shape index (κ2) is 12.1. The SMILES string of the molecule is CCCCCCOc1cccc(NC(=O)COc2ccccc2C(C)CC)c1. The molecular formula is C24H33NO3. The van der Waals surface area contributed by atoms with E-state index in [1.54, 1.807) is 0 Å². The lowest BCUT2D eigenvalue weighted by molar-refractivity contribution is -0.118. The summed E-state index contributed by atoms with van der Waals surface area (Å²) in [6, 6.07) is 15.4. The molecule has 0 fully saturated rings. The van der Waals surface area contributed by atoms with E-state index in [4.69, 9.17) is 9.47 Å². The normalized spacial score (nSPS) is 11.7. The van der Waals surface area contributed by atoms with E-state index < -0.39 is 0 Å². The van der Waals surface area contributed by atoms with Crippen LogP contribution in [0.2, 0.25) is 0 Å². The molecule has 2 aromatic rings. The summed E-state index contributed by atoms with van der Waals surface area (Å²) in [5.74, 6) is 1.76. The molecule has 0 aliphatic rings. The summed E-state index contributed by atoms with van der Waals surface area (Å²) in [6.07, 6.45) is 5.71. The zero-order valence-electron chi connectivity index (χ0n) is 17.4. The van der Waals surface area contributed by atoms with E-state index in [2.05, 4.69) is 32.2 Å². The molecule has 0 spiro atoms. The Bertz CT molecular complexity index is 729. The van der Waals surface area contributed by atoms with Gasteiger partial charge in [-0.3, -0.25) is 4.79 Å². The average molecular weight is 384 g/mol. The highest BCUT2D eigenvalue weighted by atomic mass is 16.5. The van der Waals surface area contributed by atoms with Crippen LogP contribution in [0.3, 0.4) is 0 Å². The van der Waals surface area contributed by atoms with Crippen LogP contribution in [0.15, 0.2) is 48.5 Å². The van der Waals surface area contributed by atoms with Gasteiger partial charge >= 0.3 is 0 Å². The standard InChI is InChI=1S/C24H33NO3/c1-4-6-7-10-16-27-21-13-11-12-20(17-21)25-24(26)18-28-23-15-9-8-14-22(23)19(3)5-2/h8-9,11-15,17,19H,4-7,10,16,18H2,1-3H3,(H,25,26). The summed E-state index contributed by atoms with van der Waals surface area (Å²) >= 11 is 0. The van der Waals surface area contributed by atoms with Gasteiger partial charge in [-0.2, -0.15) is 0 Å². The first-order valence-corrected chi connectivity index (χ1v) is 10.4. The number of para-hydroxylation sites is 1. The number of anilines is 1. The topological polar surface area (TPSA) is 47.6 Å². The van der Waals surface area contributed by atoms with Crippen LogP contribution in [0.25, 0.3) is 0 Å². The monoisotopic (exact) mass is 383 g/mol. The first kappa shape index (κ1) is 21.8.